The van der Waals surface area contributed by atoms with E-state index in [1.54, 1.807) is 0 Å². The van der Waals surface area contributed by atoms with Gasteiger partial charge < -0.3 is 4.90 Å². The maximum Gasteiger partial charge on any atom is 0.128 e. The van der Waals surface area contributed by atoms with Crippen molar-refractivity contribution in [2.75, 3.05) is 33.2 Å². The van der Waals surface area contributed by atoms with E-state index in [0.717, 1.165) is 45.0 Å². The Morgan fingerprint density at radius 2 is 1.72 bits per heavy atom. The molecule has 18 heavy (non-hydrogen) atoms. The summed E-state index contributed by atoms with van der Waals surface area (Å²) in [7, 11) is 2.18. The molecule has 0 amide bonds. The Kier molecular flexibility index (Phi) is 4.66. The van der Waals surface area contributed by atoms with E-state index >= 15 is 0 Å². The average molecular weight is 248 g/mol. The first-order valence-electron chi connectivity index (χ1n) is 6.84. The third-order valence-electron chi connectivity index (χ3n) is 3.35. The number of hydrogen-bond acceptors (Lipinski definition) is 4. The Morgan fingerprint density at radius 1 is 1.11 bits per heavy atom. The zero-order valence-corrected chi connectivity index (χ0v) is 11.8. The van der Waals surface area contributed by atoms with Gasteiger partial charge in [0.1, 0.15) is 5.82 Å². The van der Waals surface area contributed by atoms with Gasteiger partial charge in [0.25, 0.3) is 0 Å². The molecular formula is C14H24N4. The van der Waals surface area contributed by atoms with E-state index in [1.807, 2.05) is 12.4 Å². The van der Waals surface area contributed by atoms with Crippen molar-refractivity contribution in [3.63, 3.8) is 0 Å². The number of rotatable bonds is 4. The van der Waals surface area contributed by atoms with E-state index < -0.39 is 0 Å². The average Bonchev–Trinajstić information content (AvgIpc) is 2.34. The number of hydrogen-bond donors (Lipinski definition) is 0. The molecule has 4 heteroatoms. The van der Waals surface area contributed by atoms with E-state index in [0.29, 0.717) is 5.92 Å². The molecule has 2 heterocycles. The van der Waals surface area contributed by atoms with Crippen molar-refractivity contribution in [1.82, 2.24) is 19.8 Å². The van der Waals surface area contributed by atoms with E-state index in [2.05, 4.69) is 40.7 Å². The van der Waals surface area contributed by atoms with Crippen LogP contribution in [0.1, 0.15) is 25.2 Å². The molecule has 1 fully saturated rings. The molecule has 0 N–H and O–H groups in total. The fourth-order valence-electron chi connectivity index (χ4n) is 2.20. The van der Waals surface area contributed by atoms with E-state index in [1.165, 1.54) is 5.56 Å². The minimum atomic E-state index is 0.619. The lowest BCUT2D eigenvalue weighted by atomic mass is 10.1. The highest BCUT2D eigenvalue weighted by Crippen LogP contribution is 2.07. The molecule has 0 radical (unpaired) electrons. The van der Waals surface area contributed by atoms with Crippen LogP contribution in [-0.4, -0.2) is 53.0 Å². The minimum Gasteiger partial charge on any atom is -0.304 e. The van der Waals surface area contributed by atoms with Gasteiger partial charge in [-0.05, 0) is 13.0 Å². The zero-order chi connectivity index (χ0) is 13.0. The molecule has 4 nitrogen and oxygen atoms in total. The smallest absolute Gasteiger partial charge is 0.128 e. The molecule has 1 aromatic heterocycles. The van der Waals surface area contributed by atoms with Crippen LogP contribution in [0.4, 0.5) is 0 Å². The third kappa shape index (κ3) is 4.03. The quantitative estimate of drug-likeness (QED) is 0.807. The van der Waals surface area contributed by atoms with Gasteiger partial charge >= 0.3 is 0 Å². The fraction of sp³-hybridized carbons (Fsp3) is 0.714. The lowest BCUT2D eigenvalue weighted by molar-refractivity contribution is 0.148. The Balaban J connectivity index is 1.86. The molecule has 1 saturated heterocycles. The number of piperazine rings is 1. The van der Waals surface area contributed by atoms with Gasteiger partial charge in [-0.1, -0.05) is 13.8 Å². The van der Waals surface area contributed by atoms with Crippen LogP contribution in [0, 0.1) is 5.92 Å². The van der Waals surface area contributed by atoms with Crippen molar-refractivity contribution in [2.24, 2.45) is 5.92 Å². The first-order chi connectivity index (χ1) is 8.63. The van der Waals surface area contributed by atoms with Crippen molar-refractivity contribution in [3.05, 3.63) is 23.8 Å². The van der Waals surface area contributed by atoms with Crippen LogP contribution in [0.5, 0.6) is 0 Å². The van der Waals surface area contributed by atoms with Crippen LogP contribution in [-0.2, 0) is 13.0 Å². The maximum atomic E-state index is 4.45. The van der Waals surface area contributed by atoms with Crippen molar-refractivity contribution in [1.29, 1.82) is 0 Å². The first-order valence-corrected chi connectivity index (χ1v) is 6.84. The van der Waals surface area contributed by atoms with Crippen molar-refractivity contribution in [3.8, 4) is 0 Å². The molecule has 2 rings (SSSR count). The Labute approximate surface area is 110 Å². The van der Waals surface area contributed by atoms with Gasteiger partial charge in [-0.25, -0.2) is 9.97 Å². The van der Waals surface area contributed by atoms with Gasteiger partial charge in [0.15, 0.2) is 0 Å². The van der Waals surface area contributed by atoms with Crippen molar-refractivity contribution in [2.45, 2.75) is 26.8 Å². The summed E-state index contributed by atoms with van der Waals surface area (Å²) in [6, 6.07) is 0. The first kappa shape index (κ1) is 13.4. The Morgan fingerprint density at radius 3 is 2.28 bits per heavy atom. The lowest BCUT2D eigenvalue weighted by Gasteiger charge is -2.32. The summed E-state index contributed by atoms with van der Waals surface area (Å²) in [6.07, 6.45) is 4.95. The second-order valence-electron chi connectivity index (χ2n) is 5.68. The molecule has 0 atom stereocenters. The van der Waals surface area contributed by atoms with Crippen molar-refractivity contribution < 1.29 is 0 Å². The van der Waals surface area contributed by atoms with Crippen LogP contribution in [0.2, 0.25) is 0 Å². The number of aromatic nitrogens is 2. The van der Waals surface area contributed by atoms with Crippen LogP contribution < -0.4 is 0 Å². The topological polar surface area (TPSA) is 32.3 Å². The van der Waals surface area contributed by atoms with Gasteiger partial charge in [-0.2, -0.15) is 0 Å². The van der Waals surface area contributed by atoms with Gasteiger partial charge in [0.05, 0.1) is 0 Å². The fourth-order valence-corrected chi connectivity index (χ4v) is 2.20. The molecule has 1 aliphatic heterocycles. The summed E-state index contributed by atoms with van der Waals surface area (Å²) in [5, 5.41) is 0. The summed E-state index contributed by atoms with van der Waals surface area (Å²) >= 11 is 0. The summed E-state index contributed by atoms with van der Waals surface area (Å²) in [5.74, 6) is 1.58. The molecule has 1 aromatic rings. The third-order valence-corrected chi connectivity index (χ3v) is 3.35. The second-order valence-corrected chi connectivity index (χ2v) is 5.68. The van der Waals surface area contributed by atoms with Crippen LogP contribution >= 0.6 is 0 Å². The molecule has 0 aromatic carbocycles. The van der Waals surface area contributed by atoms with Gasteiger partial charge in [-0.3, -0.25) is 4.90 Å². The zero-order valence-electron chi connectivity index (χ0n) is 11.8. The Hall–Kier alpha value is -1.00. The number of likely N-dealkylation sites (N-methyl/N-ethyl adjacent to an activating group) is 1. The standard InChI is InChI=1S/C14H24N4/c1-12(2)8-14-15-9-13(10-16-14)11-18-6-4-17(3)5-7-18/h9-10,12H,4-8,11H2,1-3H3. The molecule has 0 saturated carbocycles. The SMILES string of the molecule is CC(C)Cc1ncc(CN2CCN(C)CC2)cn1. The molecule has 0 aliphatic carbocycles. The molecule has 0 unspecified atom stereocenters. The highest BCUT2D eigenvalue weighted by molar-refractivity contribution is 5.05. The minimum absolute atomic E-state index is 0.619. The van der Waals surface area contributed by atoms with Crippen LogP contribution in [0.15, 0.2) is 12.4 Å². The van der Waals surface area contributed by atoms with E-state index in [9.17, 15) is 0 Å². The normalized spacial score (nSPS) is 18.4. The number of nitrogens with zero attached hydrogens (tertiary/aromatic N) is 4. The highest BCUT2D eigenvalue weighted by atomic mass is 15.2. The highest BCUT2D eigenvalue weighted by Gasteiger charge is 2.14. The predicted octanol–water partition coefficient (Wildman–Crippen LogP) is 1.42. The monoisotopic (exact) mass is 248 g/mol. The van der Waals surface area contributed by atoms with Gasteiger partial charge in [0, 0.05) is 57.1 Å². The largest absolute Gasteiger partial charge is 0.304 e. The lowest BCUT2D eigenvalue weighted by Crippen LogP contribution is -2.43. The summed E-state index contributed by atoms with van der Waals surface area (Å²) < 4.78 is 0. The molecule has 1 aliphatic rings. The Bertz CT molecular complexity index is 353. The van der Waals surface area contributed by atoms with Crippen LogP contribution in [0.3, 0.4) is 0 Å². The van der Waals surface area contributed by atoms with Gasteiger partial charge in [-0.15, -0.1) is 0 Å². The second kappa shape index (κ2) is 6.25. The summed E-state index contributed by atoms with van der Waals surface area (Å²) in [4.78, 5) is 13.7. The molecule has 0 bridgehead atoms. The van der Waals surface area contributed by atoms with Gasteiger partial charge in [0.2, 0.25) is 0 Å². The predicted molar refractivity (Wildman–Crippen MR) is 73.3 cm³/mol. The molecule has 100 valence electrons. The van der Waals surface area contributed by atoms with Crippen molar-refractivity contribution >= 4 is 0 Å². The summed E-state index contributed by atoms with van der Waals surface area (Å²) in [6.45, 7) is 9.98. The molecular weight excluding hydrogens is 224 g/mol. The molecule has 0 spiro atoms. The van der Waals surface area contributed by atoms with E-state index in [-0.39, 0.29) is 0 Å². The van der Waals surface area contributed by atoms with E-state index in [4.69, 9.17) is 0 Å². The summed E-state index contributed by atoms with van der Waals surface area (Å²) in [5.41, 5.74) is 1.23. The van der Waals surface area contributed by atoms with Crippen LogP contribution in [0.25, 0.3) is 0 Å². The maximum absolute atomic E-state index is 4.45.